The van der Waals surface area contributed by atoms with Gasteiger partial charge in [-0.3, -0.25) is 9.59 Å². The lowest BCUT2D eigenvalue weighted by atomic mass is 10.1. The summed E-state index contributed by atoms with van der Waals surface area (Å²) in [4.78, 5) is 32.6. The number of para-hydroxylation sites is 1. The first kappa shape index (κ1) is 21.5. The van der Waals surface area contributed by atoms with Crippen LogP contribution in [-0.4, -0.2) is 35.3 Å². The van der Waals surface area contributed by atoms with Gasteiger partial charge in [-0.15, -0.1) is 11.3 Å². The van der Waals surface area contributed by atoms with Crippen molar-refractivity contribution in [3.63, 3.8) is 0 Å². The van der Waals surface area contributed by atoms with Crippen LogP contribution in [0.4, 0.5) is 5.69 Å². The average Bonchev–Trinajstić information content (AvgIpc) is 3.46. The lowest BCUT2D eigenvalue weighted by Gasteiger charge is -2.18. The van der Waals surface area contributed by atoms with Gasteiger partial charge in [0.15, 0.2) is 10.8 Å². The molecule has 32 heavy (non-hydrogen) atoms. The Morgan fingerprint density at radius 2 is 1.72 bits per heavy atom. The molecule has 0 radical (unpaired) electrons. The molecule has 4 aromatic rings. The molecule has 0 fully saturated rings. The number of anilines is 1. The molecule has 0 unspecified atom stereocenters. The Bertz CT molecular complexity index is 1230. The van der Waals surface area contributed by atoms with Crippen LogP contribution in [0.25, 0.3) is 22.0 Å². The summed E-state index contributed by atoms with van der Waals surface area (Å²) in [7, 11) is 1.62. The molecule has 0 aliphatic carbocycles. The molecule has 0 aliphatic heterocycles. The highest BCUT2D eigenvalue weighted by atomic mass is 32.1. The summed E-state index contributed by atoms with van der Waals surface area (Å²) in [6.45, 7) is 3.81. The number of amides is 2. The van der Waals surface area contributed by atoms with Crippen molar-refractivity contribution in [1.82, 2.24) is 9.88 Å². The van der Waals surface area contributed by atoms with Crippen molar-refractivity contribution in [2.75, 3.05) is 18.9 Å². The Morgan fingerprint density at radius 3 is 2.38 bits per heavy atom. The summed E-state index contributed by atoms with van der Waals surface area (Å²) >= 11 is 1.26. The molecule has 2 amide bonds. The van der Waals surface area contributed by atoms with E-state index < -0.39 is 0 Å². The summed E-state index contributed by atoms with van der Waals surface area (Å²) in [5.41, 5.74) is 4.14. The second kappa shape index (κ2) is 9.20. The molecule has 2 aromatic heterocycles. The molecule has 0 atom stereocenters. The zero-order chi connectivity index (χ0) is 22.7. The van der Waals surface area contributed by atoms with Crippen LogP contribution >= 0.6 is 11.3 Å². The number of hydrogen-bond acceptors (Lipinski definition) is 5. The number of nitrogens with zero attached hydrogens (tertiary/aromatic N) is 2. The number of likely N-dealkylation sites (N-methyl/N-ethyl adjacent to an activating group) is 1. The molecule has 0 aliphatic rings. The highest BCUT2D eigenvalue weighted by Gasteiger charge is 2.25. The number of nitrogens with one attached hydrogen (secondary N) is 1. The monoisotopic (exact) mass is 445 g/mol. The molecule has 1 N–H and O–H groups in total. The van der Waals surface area contributed by atoms with Crippen LogP contribution in [0.2, 0.25) is 0 Å². The van der Waals surface area contributed by atoms with Crippen LogP contribution in [0.15, 0.2) is 71.3 Å². The summed E-state index contributed by atoms with van der Waals surface area (Å²) in [5, 5.41) is 3.55. The van der Waals surface area contributed by atoms with Crippen molar-refractivity contribution >= 4 is 28.8 Å². The smallest absolute Gasteiger partial charge is 0.266 e. The van der Waals surface area contributed by atoms with Crippen LogP contribution in [0.5, 0.6) is 0 Å². The highest BCUT2D eigenvalue weighted by molar-refractivity contribution is 7.17. The number of benzene rings is 2. The number of furan rings is 1. The molecule has 0 saturated heterocycles. The first-order chi connectivity index (χ1) is 15.4. The molecule has 7 heteroatoms. The van der Waals surface area contributed by atoms with Crippen LogP contribution in [0, 0.1) is 13.8 Å². The van der Waals surface area contributed by atoms with Crippen molar-refractivity contribution in [2.45, 2.75) is 13.8 Å². The van der Waals surface area contributed by atoms with Crippen LogP contribution in [0.3, 0.4) is 0 Å². The number of thiazole rings is 1. The molecule has 0 saturated carbocycles. The fourth-order valence-electron chi connectivity index (χ4n) is 3.41. The second-order valence-electron chi connectivity index (χ2n) is 7.52. The standard InChI is InChI=1S/C25H23N3O3S/c1-16-9-7-10-17(2)21(16)26-20(29)15-28(3)25(30)23-22(18-11-5-4-6-12-18)27-24(32-23)19-13-8-14-31-19/h4-14H,15H2,1-3H3,(H,26,29). The third-order valence-electron chi connectivity index (χ3n) is 5.07. The summed E-state index contributed by atoms with van der Waals surface area (Å²) in [5.74, 6) is 0.0766. The summed E-state index contributed by atoms with van der Waals surface area (Å²) < 4.78 is 5.48. The van der Waals surface area contributed by atoms with Crippen LogP contribution in [0.1, 0.15) is 20.8 Å². The maximum Gasteiger partial charge on any atom is 0.266 e. The van der Waals surface area contributed by atoms with E-state index in [1.165, 1.54) is 16.2 Å². The predicted molar refractivity (Wildman–Crippen MR) is 127 cm³/mol. The van der Waals surface area contributed by atoms with E-state index in [1.54, 1.807) is 19.4 Å². The number of aryl methyl sites for hydroxylation is 2. The normalized spacial score (nSPS) is 10.7. The van der Waals surface area contributed by atoms with E-state index in [1.807, 2.05) is 68.4 Å². The van der Waals surface area contributed by atoms with E-state index >= 15 is 0 Å². The largest absolute Gasteiger partial charge is 0.462 e. The first-order valence-electron chi connectivity index (χ1n) is 10.2. The van der Waals surface area contributed by atoms with Gasteiger partial charge in [0.1, 0.15) is 4.88 Å². The Morgan fingerprint density at radius 1 is 1.00 bits per heavy atom. The van der Waals surface area contributed by atoms with Crippen molar-refractivity contribution in [1.29, 1.82) is 0 Å². The molecule has 0 spiro atoms. The van der Waals surface area contributed by atoms with E-state index in [9.17, 15) is 9.59 Å². The fraction of sp³-hybridized carbons (Fsp3) is 0.160. The third kappa shape index (κ3) is 4.48. The number of carbonyl (C=O) groups is 2. The zero-order valence-electron chi connectivity index (χ0n) is 18.1. The average molecular weight is 446 g/mol. The van der Waals surface area contributed by atoms with E-state index in [2.05, 4.69) is 10.3 Å². The minimum Gasteiger partial charge on any atom is -0.462 e. The zero-order valence-corrected chi connectivity index (χ0v) is 18.9. The Labute approximate surface area is 190 Å². The van der Waals surface area contributed by atoms with Crippen LogP contribution < -0.4 is 5.32 Å². The predicted octanol–water partition coefficient (Wildman–Crippen LogP) is 5.40. The number of hydrogen-bond donors (Lipinski definition) is 1. The van der Waals surface area contributed by atoms with Gasteiger partial charge in [0, 0.05) is 18.3 Å². The third-order valence-corrected chi connectivity index (χ3v) is 6.13. The molecular formula is C25H23N3O3S. The van der Waals surface area contributed by atoms with E-state index in [-0.39, 0.29) is 18.4 Å². The van der Waals surface area contributed by atoms with E-state index in [4.69, 9.17) is 4.42 Å². The Hall–Kier alpha value is -3.71. The van der Waals surface area contributed by atoms with Crippen molar-refractivity contribution in [3.8, 4) is 22.0 Å². The van der Waals surface area contributed by atoms with Gasteiger partial charge in [-0.05, 0) is 37.1 Å². The number of aromatic nitrogens is 1. The van der Waals surface area contributed by atoms with Gasteiger partial charge in [-0.1, -0.05) is 48.5 Å². The molecule has 162 valence electrons. The van der Waals surface area contributed by atoms with Crippen molar-refractivity contribution in [2.24, 2.45) is 0 Å². The molecule has 2 heterocycles. The van der Waals surface area contributed by atoms with Crippen molar-refractivity contribution in [3.05, 3.63) is 82.9 Å². The minimum absolute atomic E-state index is 0.0746. The number of carbonyl (C=O) groups excluding carboxylic acids is 2. The van der Waals surface area contributed by atoms with Gasteiger partial charge < -0.3 is 14.6 Å². The van der Waals surface area contributed by atoms with Gasteiger partial charge in [0.05, 0.1) is 18.5 Å². The maximum absolute atomic E-state index is 13.3. The first-order valence-corrected chi connectivity index (χ1v) is 11.0. The van der Waals surface area contributed by atoms with Gasteiger partial charge in [0.2, 0.25) is 5.91 Å². The quantitative estimate of drug-likeness (QED) is 0.431. The summed E-state index contributed by atoms with van der Waals surface area (Å²) in [6, 6.07) is 18.9. The maximum atomic E-state index is 13.3. The minimum atomic E-state index is -0.268. The van der Waals surface area contributed by atoms with Crippen LogP contribution in [-0.2, 0) is 4.79 Å². The Kier molecular flexibility index (Phi) is 6.18. The molecular weight excluding hydrogens is 422 g/mol. The molecule has 0 bridgehead atoms. The fourth-order valence-corrected chi connectivity index (χ4v) is 4.46. The molecule has 4 rings (SSSR count). The second-order valence-corrected chi connectivity index (χ2v) is 8.52. The van der Waals surface area contributed by atoms with Gasteiger partial charge in [-0.2, -0.15) is 0 Å². The van der Waals surface area contributed by atoms with Gasteiger partial charge in [-0.25, -0.2) is 4.98 Å². The van der Waals surface area contributed by atoms with Gasteiger partial charge >= 0.3 is 0 Å². The lowest BCUT2D eigenvalue weighted by molar-refractivity contribution is -0.116. The number of rotatable bonds is 6. The van der Waals surface area contributed by atoms with E-state index in [0.29, 0.717) is 21.3 Å². The SMILES string of the molecule is Cc1cccc(C)c1NC(=O)CN(C)C(=O)c1sc(-c2ccco2)nc1-c1ccccc1. The topological polar surface area (TPSA) is 75.4 Å². The molecule has 2 aromatic carbocycles. The Balaban J connectivity index is 1.58. The highest BCUT2D eigenvalue weighted by Crippen LogP contribution is 2.34. The van der Waals surface area contributed by atoms with Gasteiger partial charge in [0.25, 0.3) is 5.91 Å². The van der Waals surface area contributed by atoms with E-state index in [0.717, 1.165) is 22.4 Å². The molecule has 6 nitrogen and oxygen atoms in total. The van der Waals surface area contributed by atoms with Crippen molar-refractivity contribution < 1.29 is 14.0 Å². The lowest BCUT2D eigenvalue weighted by Crippen LogP contribution is -2.35. The summed E-state index contributed by atoms with van der Waals surface area (Å²) in [6.07, 6.45) is 1.57.